The molecule has 3 aromatic rings. The van der Waals surface area contributed by atoms with Gasteiger partial charge in [0.1, 0.15) is 11.3 Å². The van der Waals surface area contributed by atoms with Gasteiger partial charge < -0.3 is 14.8 Å². The topological polar surface area (TPSA) is 74.8 Å². The molecule has 0 amide bonds. The van der Waals surface area contributed by atoms with Gasteiger partial charge in [0, 0.05) is 23.2 Å². The monoisotopic (exact) mass is 376 g/mol. The predicted octanol–water partition coefficient (Wildman–Crippen LogP) is 5.12. The Labute approximate surface area is 164 Å². The fourth-order valence-electron chi connectivity index (χ4n) is 3.51. The first-order valence-electron chi connectivity index (χ1n) is 9.21. The molecule has 0 aliphatic carbocycles. The zero-order chi connectivity index (χ0) is 20.4. The van der Waals surface area contributed by atoms with Crippen molar-refractivity contribution in [3.8, 4) is 11.4 Å². The van der Waals surface area contributed by atoms with Gasteiger partial charge in [0.2, 0.25) is 0 Å². The molecule has 1 heterocycles. The summed E-state index contributed by atoms with van der Waals surface area (Å²) in [6, 6.07) is 12.7. The number of aromatic nitrogens is 1. The smallest absolute Gasteiger partial charge is 0.339 e. The minimum Gasteiger partial charge on any atom is -0.507 e. The van der Waals surface area contributed by atoms with E-state index < -0.39 is 5.97 Å². The maximum Gasteiger partial charge on any atom is 0.339 e. The Morgan fingerprint density at radius 3 is 2.57 bits per heavy atom. The largest absolute Gasteiger partial charge is 0.507 e. The van der Waals surface area contributed by atoms with Crippen molar-refractivity contribution >= 4 is 17.9 Å². The molecule has 0 radical (unpaired) electrons. The summed E-state index contributed by atoms with van der Waals surface area (Å²) >= 11 is 0. The van der Waals surface area contributed by atoms with Crippen LogP contribution in [-0.2, 0) is 6.42 Å². The summed E-state index contributed by atoms with van der Waals surface area (Å²) in [5.74, 6) is -1.45. The molecule has 5 nitrogen and oxygen atoms in total. The first-order valence-corrected chi connectivity index (χ1v) is 9.21. The number of phenols is 1. The standard InChI is InChI=1S/C23H24N2O3/c1-5-17-8-6-7-14(2)22(17)25-15(3)11-18(16(25)4)13-24-19-9-10-21(26)20(12-19)23(27)28/h6-13,26H,5H2,1-4H3,(H,27,28). The van der Waals surface area contributed by atoms with Crippen LogP contribution in [0.3, 0.4) is 0 Å². The second-order valence-electron chi connectivity index (χ2n) is 6.86. The third kappa shape index (κ3) is 3.56. The lowest BCUT2D eigenvalue weighted by atomic mass is 10.1. The van der Waals surface area contributed by atoms with Gasteiger partial charge in [0.15, 0.2) is 0 Å². The number of hydrogen-bond donors (Lipinski definition) is 2. The Bertz CT molecular complexity index is 1080. The zero-order valence-electron chi connectivity index (χ0n) is 16.5. The molecule has 3 rings (SSSR count). The van der Waals surface area contributed by atoms with Crippen LogP contribution in [0.2, 0.25) is 0 Å². The van der Waals surface area contributed by atoms with E-state index in [-0.39, 0.29) is 11.3 Å². The lowest BCUT2D eigenvalue weighted by Crippen LogP contribution is -2.05. The first-order chi connectivity index (χ1) is 13.3. The van der Waals surface area contributed by atoms with Crippen molar-refractivity contribution in [3.63, 3.8) is 0 Å². The third-order valence-corrected chi connectivity index (χ3v) is 4.96. The second-order valence-corrected chi connectivity index (χ2v) is 6.86. The molecule has 2 aromatic carbocycles. The van der Waals surface area contributed by atoms with Gasteiger partial charge in [-0.05, 0) is 62.6 Å². The average molecular weight is 376 g/mol. The zero-order valence-corrected chi connectivity index (χ0v) is 16.5. The molecule has 0 saturated carbocycles. The Balaban J connectivity index is 2.03. The van der Waals surface area contributed by atoms with Crippen molar-refractivity contribution in [2.75, 3.05) is 0 Å². The minimum absolute atomic E-state index is 0.160. The molecule has 0 saturated heterocycles. The van der Waals surface area contributed by atoms with Crippen LogP contribution in [0.1, 0.15) is 45.4 Å². The van der Waals surface area contributed by atoms with E-state index in [1.165, 1.54) is 28.9 Å². The van der Waals surface area contributed by atoms with E-state index in [1.54, 1.807) is 12.3 Å². The molecule has 0 aliphatic rings. The number of carbonyl (C=O) groups is 1. The Morgan fingerprint density at radius 2 is 1.89 bits per heavy atom. The molecule has 0 atom stereocenters. The van der Waals surface area contributed by atoms with Gasteiger partial charge in [-0.2, -0.15) is 0 Å². The average Bonchev–Trinajstić information content (AvgIpc) is 2.94. The molecule has 5 heteroatoms. The SMILES string of the molecule is CCc1cccc(C)c1-n1c(C)cc(C=Nc2ccc(O)c(C(=O)O)c2)c1C. The van der Waals surface area contributed by atoms with Gasteiger partial charge in [0.25, 0.3) is 0 Å². The van der Waals surface area contributed by atoms with Crippen molar-refractivity contribution in [2.45, 2.75) is 34.1 Å². The summed E-state index contributed by atoms with van der Waals surface area (Å²) in [5.41, 5.74) is 7.18. The number of carboxylic acid groups (broad SMARTS) is 1. The van der Waals surface area contributed by atoms with E-state index in [0.29, 0.717) is 5.69 Å². The lowest BCUT2D eigenvalue weighted by molar-refractivity contribution is 0.0694. The van der Waals surface area contributed by atoms with Crippen LogP contribution in [-0.4, -0.2) is 27.0 Å². The molecule has 28 heavy (non-hydrogen) atoms. The molecular weight excluding hydrogens is 352 g/mol. The van der Waals surface area contributed by atoms with Crippen LogP contribution < -0.4 is 0 Å². The van der Waals surface area contributed by atoms with Gasteiger partial charge >= 0.3 is 5.97 Å². The van der Waals surface area contributed by atoms with Gasteiger partial charge in [-0.25, -0.2) is 4.79 Å². The molecule has 0 bridgehead atoms. The number of benzene rings is 2. The molecule has 1 aromatic heterocycles. The van der Waals surface area contributed by atoms with Gasteiger partial charge in [-0.1, -0.05) is 25.1 Å². The molecule has 0 unspecified atom stereocenters. The number of carboxylic acids is 1. The van der Waals surface area contributed by atoms with E-state index in [0.717, 1.165) is 23.4 Å². The van der Waals surface area contributed by atoms with E-state index in [2.05, 4.69) is 61.5 Å². The summed E-state index contributed by atoms with van der Waals surface area (Å²) in [7, 11) is 0. The van der Waals surface area contributed by atoms with E-state index in [4.69, 9.17) is 5.11 Å². The van der Waals surface area contributed by atoms with E-state index >= 15 is 0 Å². The Kier molecular flexibility index (Phi) is 5.36. The number of aryl methyl sites for hydroxylation is 3. The number of rotatable bonds is 5. The Hall–Kier alpha value is -3.34. The molecular formula is C23H24N2O3. The van der Waals surface area contributed by atoms with Crippen LogP contribution >= 0.6 is 0 Å². The highest BCUT2D eigenvalue weighted by atomic mass is 16.4. The normalized spacial score (nSPS) is 11.3. The van der Waals surface area contributed by atoms with Crippen LogP contribution in [0.5, 0.6) is 5.75 Å². The highest BCUT2D eigenvalue weighted by molar-refractivity contribution is 5.92. The number of aromatic carboxylic acids is 1. The van der Waals surface area contributed by atoms with Crippen LogP contribution in [0.4, 0.5) is 5.69 Å². The number of para-hydroxylation sites is 1. The fourth-order valence-corrected chi connectivity index (χ4v) is 3.51. The van der Waals surface area contributed by atoms with Crippen molar-refractivity contribution in [3.05, 3.63) is 76.1 Å². The molecule has 2 N–H and O–H groups in total. The van der Waals surface area contributed by atoms with Gasteiger partial charge in [-0.3, -0.25) is 4.99 Å². The number of aliphatic imine (C=N–C) groups is 1. The van der Waals surface area contributed by atoms with E-state index in [1.807, 2.05) is 0 Å². The summed E-state index contributed by atoms with van der Waals surface area (Å²) in [5, 5.41) is 18.8. The first kappa shape index (κ1) is 19.4. The minimum atomic E-state index is -1.18. The van der Waals surface area contributed by atoms with Crippen molar-refractivity contribution in [2.24, 2.45) is 4.99 Å². The predicted molar refractivity (Wildman–Crippen MR) is 112 cm³/mol. The number of nitrogens with zero attached hydrogens (tertiary/aromatic N) is 2. The van der Waals surface area contributed by atoms with Crippen LogP contribution in [0, 0.1) is 20.8 Å². The summed E-state index contributed by atoms with van der Waals surface area (Å²) in [6.45, 7) is 8.39. The third-order valence-electron chi connectivity index (χ3n) is 4.96. The number of hydrogen-bond acceptors (Lipinski definition) is 3. The second kappa shape index (κ2) is 7.72. The van der Waals surface area contributed by atoms with Gasteiger partial charge in [0.05, 0.1) is 11.4 Å². The molecule has 0 spiro atoms. The maximum absolute atomic E-state index is 11.2. The maximum atomic E-state index is 11.2. The summed E-state index contributed by atoms with van der Waals surface area (Å²) in [4.78, 5) is 15.6. The highest BCUT2D eigenvalue weighted by Crippen LogP contribution is 2.27. The van der Waals surface area contributed by atoms with Crippen LogP contribution in [0.25, 0.3) is 5.69 Å². The molecule has 0 aliphatic heterocycles. The summed E-state index contributed by atoms with van der Waals surface area (Å²) in [6.07, 6.45) is 2.68. The molecule has 0 fully saturated rings. The lowest BCUT2D eigenvalue weighted by Gasteiger charge is -2.17. The van der Waals surface area contributed by atoms with Crippen LogP contribution in [0.15, 0.2) is 47.5 Å². The fraction of sp³-hybridized carbons (Fsp3) is 0.217. The van der Waals surface area contributed by atoms with Crippen molar-refractivity contribution < 1.29 is 15.0 Å². The molecule has 144 valence electrons. The van der Waals surface area contributed by atoms with Crippen molar-refractivity contribution in [1.29, 1.82) is 0 Å². The van der Waals surface area contributed by atoms with Crippen molar-refractivity contribution in [1.82, 2.24) is 4.57 Å². The van der Waals surface area contributed by atoms with Gasteiger partial charge in [-0.15, -0.1) is 0 Å². The highest BCUT2D eigenvalue weighted by Gasteiger charge is 2.14. The summed E-state index contributed by atoms with van der Waals surface area (Å²) < 4.78 is 2.25. The van der Waals surface area contributed by atoms with E-state index in [9.17, 15) is 9.90 Å². The Morgan fingerprint density at radius 1 is 1.14 bits per heavy atom. The number of aromatic hydroxyl groups is 1. The quantitative estimate of drug-likeness (QED) is 0.607.